The Bertz CT molecular complexity index is 405. The minimum atomic E-state index is -2.85. The van der Waals surface area contributed by atoms with Crippen LogP contribution in [0.2, 0.25) is 0 Å². The van der Waals surface area contributed by atoms with Gasteiger partial charge in [-0.05, 0) is 45.2 Å². The molecule has 2 N–H and O–H groups in total. The quantitative estimate of drug-likeness (QED) is 0.851. The molecule has 4 nitrogen and oxygen atoms in total. The number of halogens is 2. The average Bonchev–Trinajstić information content (AvgIpc) is 2.31. The summed E-state index contributed by atoms with van der Waals surface area (Å²) in [6.45, 7) is 0.612. The van der Waals surface area contributed by atoms with Crippen molar-refractivity contribution in [2.75, 3.05) is 12.4 Å². The lowest BCUT2D eigenvalue weighted by Gasteiger charge is -2.22. The van der Waals surface area contributed by atoms with E-state index in [1.165, 1.54) is 24.3 Å². The van der Waals surface area contributed by atoms with E-state index >= 15 is 0 Å². The van der Waals surface area contributed by atoms with Gasteiger partial charge < -0.3 is 15.4 Å². The fraction of sp³-hybridized carbons (Fsp3) is 0.417. The fourth-order valence-electron chi connectivity index (χ4n) is 1.12. The second-order valence-electron chi connectivity index (χ2n) is 4.23. The molecule has 0 unspecified atom stereocenters. The van der Waals surface area contributed by atoms with Gasteiger partial charge in [-0.25, -0.2) is 0 Å². The molecule has 1 amide bonds. The highest BCUT2D eigenvalue weighted by Crippen LogP contribution is 2.18. The van der Waals surface area contributed by atoms with Gasteiger partial charge in [0.25, 0.3) is 0 Å². The largest absolute Gasteiger partial charge is 0.435 e. The Labute approximate surface area is 104 Å². The van der Waals surface area contributed by atoms with Crippen molar-refractivity contribution in [3.63, 3.8) is 0 Å². The SMILES string of the molecule is CNC(C)(C)C(=O)Nc1ccc(OC(F)F)cc1. The summed E-state index contributed by atoms with van der Waals surface area (Å²) in [7, 11) is 1.68. The monoisotopic (exact) mass is 258 g/mol. The molecule has 18 heavy (non-hydrogen) atoms. The molecule has 0 fully saturated rings. The van der Waals surface area contributed by atoms with Gasteiger partial charge in [0.05, 0.1) is 5.54 Å². The van der Waals surface area contributed by atoms with Gasteiger partial charge in [0.15, 0.2) is 0 Å². The van der Waals surface area contributed by atoms with Crippen LogP contribution in [0.5, 0.6) is 5.75 Å². The molecule has 100 valence electrons. The van der Waals surface area contributed by atoms with Crippen LogP contribution in [0.15, 0.2) is 24.3 Å². The van der Waals surface area contributed by atoms with Gasteiger partial charge >= 0.3 is 6.61 Å². The smallest absolute Gasteiger partial charge is 0.387 e. The highest BCUT2D eigenvalue weighted by atomic mass is 19.3. The van der Waals surface area contributed by atoms with Crippen molar-refractivity contribution in [1.82, 2.24) is 5.32 Å². The first-order valence-corrected chi connectivity index (χ1v) is 5.40. The zero-order valence-electron chi connectivity index (χ0n) is 10.5. The third-order valence-corrected chi connectivity index (χ3v) is 2.53. The van der Waals surface area contributed by atoms with Gasteiger partial charge in [0, 0.05) is 5.69 Å². The Kier molecular flexibility index (Phi) is 4.61. The zero-order valence-corrected chi connectivity index (χ0v) is 10.5. The van der Waals surface area contributed by atoms with Crippen LogP contribution in [0.4, 0.5) is 14.5 Å². The number of rotatable bonds is 5. The second kappa shape index (κ2) is 5.77. The zero-order chi connectivity index (χ0) is 13.8. The number of hydrogen-bond donors (Lipinski definition) is 2. The third-order valence-electron chi connectivity index (χ3n) is 2.53. The first kappa shape index (κ1) is 14.4. The molecule has 0 atom stereocenters. The summed E-state index contributed by atoms with van der Waals surface area (Å²) in [5.74, 6) is -0.164. The van der Waals surface area contributed by atoms with E-state index in [0.717, 1.165) is 0 Å². The summed E-state index contributed by atoms with van der Waals surface area (Å²) in [6.07, 6.45) is 0. The van der Waals surface area contributed by atoms with Crippen molar-refractivity contribution in [1.29, 1.82) is 0 Å². The number of ether oxygens (including phenoxy) is 1. The first-order chi connectivity index (χ1) is 8.35. The maximum Gasteiger partial charge on any atom is 0.387 e. The molecule has 0 aromatic heterocycles. The Morgan fingerprint density at radius 2 is 1.83 bits per heavy atom. The van der Waals surface area contributed by atoms with Crippen LogP contribution in [-0.2, 0) is 4.79 Å². The van der Waals surface area contributed by atoms with Crippen LogP contribution in [-0.4, -0.2) is 25.1 Å². The fourth-order valence-corrected chi connectivity index (χ4v) is 1.12. The molecule has 0 heterocycles. The van der Waals surface area contributed by atoms with Crippen molar-refractivity contribution in [2.24, 2.45) is 0 Å². The lowest BCUT2D eigenvalue weighted by atomic mass is 10.1. The van der Waals surface area contributed by atoms with Crippen LogP contribution in [0.25, 0.3) is 0 Å². The van der Waals surface area contributed by atoms with Gasteiger partial charge in [-0.3, -0.25) is 4.79 Å². The van der Waals surface area contributed by atoms with E-state index in [1.54, 1.807) is 20.9 Å². The number of likely N-dealkylation sites (N-methyl/N-ethyl adjacent to an activating group) is 1. The molecule has 0 saturated heterocycles. The summed E-state index contributed by atoms with van der Waals surface area (Å²) in [6, 6.07) is 5.74. The third kappa shape index (κ3) is 3.96. The molecular formula is C12H16F2N2O2. The van der Waals surface area contributed by atoms with Crippen LogP contribution in [0.1, 0.15) is 13.8 Å². The predicted molar refractivity (Wildman–Crippen MR) is 64.8 cm³/mol. The van der Waals surface area contributed by atoms with Crippen molar-refractivity contribution >= 4 is 11.6 Å². The molecule has 0 saturated carbocycles. The maximum absolute atomic E-state index is 11.9. The molecule has 0 aliphatic rings. The Balaban J connectivity index is 2.67. The Morgan fingerprint density at radius 3 is 2.28 bits per heavy atom. The number of carbonyl (C=O) groups is 1. The number of anilines is 1. The van der Waals surface area contributed by atoms with Crippen molar-refractivity contribution in [3.05, 3.63) is 24.3 Å². The second-order valence-corrected chi connectivity index (χ2v) is 4.23. The summed E-state index contributed by atoms with van der Waals surface area (Å²) < 4.78 is 28.1. The van der Waals surface area contributed by atoms with E-state index in [9.17, 15) is 13.6 Å². The van der Waals surface area contributed by atoms with Gasteiger partial charge in [-0.2, -0.15) is 8.78 Å². The van der Waals surface area contributed by atoms with Crippen molar-refractivity contribution in [3.8, 4) is 5.75 Å². The van der Waals surface area contributed by atoms with Gasteiger partial charge in [0.2, 0.25) is 5.91 Å². The summed E-state index contributed by atoms with van der Waals surface area (Å²) >= 11 is 0. The maximum atomic E-state index is 11.9. The summed E-state index contributed by atoms with van der Waals surface area (Å²) in [5.41, 5.74) is -0.192. The standard InChI is InChI=1S/C12H16F2N2O2/c1-12(2,15-3)10(17)16-8-4-6-9(7-5-8)18-11(13)14/h4-7,11,15H,1-3H3,(H,16,17). The molecule has 1 rings (SSSR count). The summed E-state index contributed by atoms with van der Waals surface area (Å²) in [4.78, 5) is 11.8. The van der Waals surface area contributed by atoms with E-state index in [0.29, 0.717) is 5.69 Å². The van der Waals surface area contributed by atoms with Crippen molar-refractivity contribution in [2.45, 2.75) is 26.0 Å². The first-order valence-electron chi connectivity index (χ1n) is 5.40. The van der Waals surface area contributed by atoms with Crippen molar-refractivity contribution < 1.29 is 18.3 Å². The highest BCUT2D eigenvalue weighted by Gasteiger charge is 2.24. The number of alkyl halides is 2. The summed E-state index contributed by atoms with van der Waals surface area (Å²) in [5, 5.41) is 5.53. The van der Waals surface area contributed by atoms with Gasteiger partial charge in [0.1, 0.15) is 5.75 Å². The molecule has 0 bridgehead atoms. The number of benzene rings is 1. The lowest BCUT2D eigenvalue weighted by Crippen LogP contribution is -2.47. The molecule has 0 aliphatic heterocycles. The Hall–Kier alpha value is -1.69. The van der Waals surface area contributed by atoms with Crippen LogP contribution in [0.3, 0.4) is 0 Å². The molecular weight excluding hydrogens is 242 g/mol. The van der Waals surface area contributed by atoms with E-state index in [-0.39, 0.29) is 11.7 Å². The molecule has 6 heteroatoms. The van der Waals surface area contributed by atoms with Crippen LogP contribution >= 0.6 is 0 Å². The van der Waals surface area contributed by atoms with E-state index in [4.69, 9.17) is 0 Å². The number of amides is 1. The normalized spacial score (nSPS) is 11.4. The minimum Gasteiger partial charge on any atom is -0.435 e. The van der Waals surface area contributed by atoms with Crippen LogP contribution < -0.4 is 15.4 Å². The lowest BCUT2D eigenvalue weighted by molar-refractivity contribution is -0.121. The number of nitrogens with one attached hydrogen (secondary N) is 2. The topological polar surface area (TPSA) is 50.4 Å². The molecule has 0 radical (unpaired) electrons. The van der Waals surface area contributed by atoms with Crippen LogP contribution in [0, 0.1) is 0 Å². The number of hydrogen-bond acceptors (Lipinski definition) is 3. The molecule has 0 aliphatic carbocycles. The van der Waals surface area contributed by atoms with Gasteiger partial charge in [-0.1, -0.05) is 0 Å². The molecule has 1 aromatic rings. The predicted octanol–water partition coefficient (Wildman–Crippen LogP) is 2.22. The minimum absolute atomic E-state index is 0.0517. The highest BCUT2D eigenvalue weighted by molar-refractivity contribution is 5.97. The van der Waals surface area contributed by atoms with E-state index in [2.05, 4.69) is 15.4 Å². The van der Waals surface area contributed by atoms with E-state index < -0.39 is 12.2 Å². The number of carbonyl (C=O) groups excluding carboxylic acids is 1. The molecule has 0 spiro atoms. The van der Waals surface area contributed by atoms with E-state index in [1.807, 2.05) is 0 Å². The average molecular weight is 258 g/mol. The van der Waals surface area contributed by atoms with Gasteiger partial charge in [-0.15, -0.1) is 0 Å². The molecule has 1 aromatic carbocycles. The Morgan fingerprint density at radius 1 is 1.28 bits per heavy atom.